The highest BCUT2D eigenvalue weighted by atomic mass is 16.5. The van der Waals surface area contributed by atoms with E-state index in [1.807, 2.05) is 18.1 Å². The largest absolute Gasteiger partial charge is 0.381 e. The number of guanidine groups is 1. The molecule has 0 radical (unpaired) electrons. The maximum atomic E-state index is 12.5. The summed E-state index contributed by atoms with van der Waals surface area (Å²) in [5, 5.41) is 7.45. The van der Waals surface area contributed by atoms with Crippen LogP contribution in [0.2, 0.25) is 0 Å². The van der Waals surface area contributed by atoms with Gasteiger partial charge in [-0.3, -0.25) is 14.5 Å². The fourth-order valence-corrected chi connectivity index (χ4v) is 2.73. The average Bonchev–Trinajstić information content (AvgIpc) is 3.03. The van der Waals surface area contributed by atoms with Gasteiger partial charge in [0, 0.05) is 53.1 Å². The number of aryl methyl sites for hydroxylation is 1. The molecule has 1 N–H and O–H groups in total. The molecule has 140 valence electrons. The summed E-state index contributed by atoms with van der Waals surface area (Å²) in [5.41, 5.74) is 0.847. The Labute approximate surface area is 149 Å². The van der Waals surface area contributed by atoms with E-state index in [0.29, 0.717) is 13.1 Å². The fraction of sp³-hybridized carbons (Fsp3) is 0.706. The van der Waals surface area contributed by atoms with E-state index < -0.39 is 0 Å². The Morgan fingerprint density at radius 2 is 2.16 bits per heavy atom. The predicted molar refractivity (Wildman–Crippen MR) is 98.8 cm³/mol. The van der Waals surface area contributed by atoms with Crippen LogP contribution >= 0.6 is 0 Å². The van der Waals surface area contributed by atoms with Crippen LogP contribution in [0.5, 0.6) is 0 Å². The van der Waals surface area contributed by atoms with Gasteiger partial charge >= 0.3 is 0 Å². The van der Waals surface area contributed by atoms with Crippen molar-refractivity contribution in [2.45, 2.75) is 26.2 Å². The molecule has 0 bridgehead atoms. The van der Waals surface area contributed by atoms with E-state index in [1.54, 1.807) is 22.8 Å². The van der Waals surface area contributed by atoms with Crippen molar-refractivity contribution >= 4 is 17.6 Å². The van der Waals surface area contributed by atoms with Gasteiger partial charge in [-0.25, -0.2) is 0 Å². The van der Waals surface area contributed by atoms with E-state index in [2.05, 4.69) is 22.3 Å². The lowest BCUT2D eigenvalue weighted by atomic mass is 10.3. The molecule has 0 aromatic carbocycles. The van der Waals surface area contributed by atoms with Gasteiger partial charge in [-0.1, -0.05) is 13.3 Å². The third kappa shape index (κ3) is 5.74. The van der Waals surface area contributed by atoms with Crippen LogP contribution in [0.15, 0.2) is 17.4 Å². The minimum atomic E-state index is 0.0603. The lowest BCUT2D eigenvalue weighted by Gasteiger charge is -2.35. The molecule has 1 aliphatic rings. The van der Waals surface area contributed by atoms with Gasteiger partial charge < -0.3 is 19.9 Å². The summed E-state index contributed by atoms with van der Waals surface area (Å²) in [7, 11) is 3.60. The molecule has 25 heavy (non-hydrogen) atoms. The number of ether oxygens (including phenoxy) is 1. The summed E-state index contributed by atoms with van der Waals surface area (Å²) in [6.07, 6.45) is 6.77. The Balaban J connectivity index is 1.74. The van der Waals surface area contributed by atoms with Crippen LogP contribution in [0.25, 0.3) is 0 Å². The molecule has 1 aromatic heterocycles. The second kappa shape index (κ2) is 10.0. The molecule has 0 unspecified atom stereocenters. The number of carbonyl (C=O) groups is 1. The number of anilines is 1. The van der Waals surface area contributed by atoms with E-state index in [4.69, 9.17) is 4.74 Å². The minimum Gasteiger partial charge on any atom is -0.381 e. The van der Waals surface area contributed by atoms with Gasteiger partial charge in [0.25, 0.3) is 0 Å². The zero-order valence-corrected chi connectivity index (χ0v) is 15.6. The van der Waals surface area contributed by atoms with Gasteiger partial charge in [-0.05, 0) is 12.8 Å². The van der Waals surface area contributed by atoms with Gasteiger partial charge in [-0.15, -0.1) is 0 Å². The normalized spacial score (nSPS) is 15.8. The summed E-state index contributed by atoms with van der Waals surface area (Å²) in [5.74, 6) is 0.831. The lowest BCUT2D eigenvalue weighted by Crippen LogP contribution is -2.55. The molecule has 1 saturated heterocycles. The standard InChI is InChI=1S/C17H30N6O2/c1-4-5-10-25-11-6-7-19-17(18-2)22-8-9-23(16(24)14-22)15-12-20-21(3)13-15/h12-13H,4-11,14H2,1-3H3,(H,18,19). The van der Waals surface area contributed by atoms with Crippen LogP contribution in [0.1, 0.15) is 26.2 Å². The predicted octanol–water partition coefficient (Wildman–Crippen LogP) is 0.851. The number of piperazine rings is 1. The Bertz CT molecular complexity index is 571. The number of unbranched alkanes of at least 4 members (excludes halogenated alkanes) is 1. The SMILES string of the molecule is CCCCOCCCNC(=NC)N1CCN(c2cnn(C)c2)C(=O)C1. The maximum absolute atomic E-state index is 12.5. The van der Waals surface area contributed by atoms with Crippen LogP contribution < -0.4 is 10.2 Å². The second-order valence-electron chi connectivity index (χ2n) is 6.13. The van der Waals surface area contributed by atoms with Gasteiger partial charge in [0.15, 0.2) is 5.96 Å². The van der Waals surface area contributed by atoms with Crippen molar-refractivity contribution in [1.82, 2.24) is 20.0 Å². The Hall–Kier alpha value is -2.09. The van der Waals surface area contributed by atoms with Gasteiger partial charge in [0.1, 0.15) is 6.54 Å². The highest BCUT2D eigenvalue weighted by Crippen LogP contribution is 2.15. The molecule has 1 aromatic rings. The maximum Gasteiger partial charge on any atom is 0.246 e. The Morgan fingerprint density at radius 3 is 2.80 bits per heavy atom. The number of rotatable bonds is 8. The number of hydrogen-bond acceptors (Lipinski definition) is 4. The van der Waals surface area contributed by atoms with Crippen LogP contribution in [-0.2, 0) is 16.6 Å². The van der Waals surface area contributed by atoms with Gasteiger partial charge in [0.05, 0.1) is 11.9 Å². The molecule has 8 nitrogen and oxygen atoms in total. The summed E-state index contributed by atoms with van der Waals surface area (Å²) >= 11 is 0. The lowest BCUT2D eigenvalue weighted by molar-refractivity contribution is -0.120. The first-order valence-corrected chi connectivity index (χ1v) is 8.98. The molecule has 2 heterocycles. The Morgan fingerprint density at radius 1 is 1.36 bits per heavy atom. The Kier molecular flexibility index (Phi) is 7.72. The van der Waals surface area contributed by atoms with Crippen molar-refractivity contribution in [2.24, 2.45) is 12.0 Å². The summed E-state index contributed by atoms with van der Waals surface area (Å²) in [6, 6.07) is 0. The van der Waals surface area contributed by atoms with Gasteiger partial charge in [-0.2, -0.15) is 5.10 Å². The molecular formula is C17H30N6O2. The molecule has 1 amide bonds. The fourth-order valence-electron chi connectivity index (χ4n) is 2.73. The molecule has 1 aliphatic heterocycles. The highest BCUT2D eigenvalue weighted by Gasteiger charge is 2.27. The third-order valence-corrected chi connectivity index (χ3v) is 4.13. The first-order chi connectivity index (χ1) is 12.2. The van der Waals surface area contributed by atoms with Crippen molar-refractivity contribution < 1.29 is 9.53 Å². The third-order valence-electron chi connectivity index (χ3n) is 4.13. The van der Waals surface area contributed by atoms with Crippen LogP contribution in [0, 0.1) is 0 Å². The van der Waals surface area contributed by atoms with E-state index in [-0.39, 0.29) is 5.91 Å². The first-order valence-electron chi connectivity index (χ1n) is 8.98. The summed E-state index contributed by atoms with van der Waals surface area (Å²) < 4.78 is 7.26. The molecule has 8 heteroatoms. The summed E-state index contributed by atoms with van der Waals surface area (Å²) in [4.78, 5) is 20.5. The van der Waals surface area contributed by atoms with E-state index in [0.717, 1.165) is 57.2 Å². The quantitative estimate of drug-likeness (QED) is 0.427. The van der Waals surface area contributed by atoms with Gasteiger partial charge in [0.2, 0.25) is 5.91 Å². The topological polar surface area (TPSA) is 75.0 Å². The van der Waals surface area contributed by atoms with Crippen molar-refractivity contribution in [3.8, 4) is 0 Å². The van der Waals surface area contributed by atoms with E-state index in [1.165, 1.54) is 0 Å². The molecule has 0 atom stereocenters. The van der Waals surface area contributed by atoms with Crippen molar-refractivity contribution in [2.75, 3.05) is 51.3 Å². The minimum absolute atomic E-state index is 0.0603. The number of aliphatic imine (C=N–C) groups is 1. The molecule has 0 spiro atoms. The molecule has 1 fully saturated rings. The molecular weight excluding hydrogens is 320 g/mol. The molecule has 0 aliphatic carbocycles. The van der Waals surface area contributed by atoms with E-state index >= 15 is 0 Å². The molecule has 0 saturated carbocycles. The highest BCUT2D eigenvalue weighted by molar-refractivity contribution is 5.98. The number of hydrogen-bond donors (Lipinski definition) is 1. The number of aromatic nitrogens is 2. The second-order valence-corrected chi connectivity index (χ2v) is 6.13. The molecule has 2 rings (SSSR count). The number of amides is 1. The van der Waals surface area contributed by atoms with E-state index in [9.17, 15) is 4.79 Å². The van der Waals surface area contributed by atoms with Crippen LogP contribution in [-0.4, -0.2) is 73.0 Å². The zero-order valence-electron chi connectivity index (χ0n) is 15.6. The van der Waals surface area contributed by atoms with Crippen molar-refractivity contribution in [3.05, 3.63) is 12.4 Å². The number of nitrogens with zero attached hydrogens (tertiary/aromatic N) is 5. The number of carbonyl (C=O) groups excluding carboxylic acids is 1. The first kappa shape index (κ1) is 19.2. The van der Waals surface area contributed by atoms with Crippen molar-refractivity contribution in [3.63, 3.8) is 0 Å². The number of nitrogens with one attached hydrogen (secondary N) is 1. The van der Waals surface area contributed by atoms with Crippen LogP contribution in [0.4, 0.5) is 5.69 Å². The smallest absolute Gasteiger partial charge is 0.246 e. The average molecular weight is 350 g/mol. The monoisotopic (exact) mass is 350 g/mol. The zero-order chi connectivity index (χ0) is 18.1. The van der Waals surface area contributed by atoms with Crippen molar-refractivity contribution in [1.29, 1.82) is 0 Å². The summed E-state index contributed by atoms with van der Waals surface area (Å²) in [6.45, 7) is 6.22. The van der Waals surface area contributed by atoms with Crippen LogP contribution in [0.3, 0.4) is 0 Å².